The molecule has 4 aromatic rings. The zero-order valence-electron chi connectivity index (χ0n) is 18.7. The predicted octanol–water partition coefficient (Wildman–Crippen LogP) is 5.31. The minimum atomic E-state index is -0.222. The van der Waals surface area contributed by atoms with Crippen molar-refractivity contribution in [3.8, 4) is 5.75 Å². The summed E-state index contributed by atoms with van der Waals surface area (Å²) in [5, 5.41) is 0.935. The van der Waals surface area contributed by atoms with Crippen LogP contribution in [0.15, 0.2) is 71.5 Å². The number of aromatic amines is 1. The predicted molar refractivity (Wildman–Crippen MR) is 129 cm³/mol. The van der Waals surface area contributed by atoms with Crippen molar-refractivity contribution in [1.29, 1.82) is 0 Å². The minimum Gasteiger partial charge on any atom is -0.496 e. The lowest BCUT2D eigenvalue weighted by Crippen LogP contribution is -2.33. The van der Waals surface area contributed by atoms with Crippen LogP contribution in [-0.2, 0) is 6.54 Å². The summed E-state index contributed by atoms with van der Waals surface area (Å²) < 4.78 is 5.44. The van der Waals surface area contributed by atoms with Crippen molar-refractivity contribution in [2.24, 2.45) is 0 Å². The van der Waals surface area contributed by atoms with Gasteiger partial charge in [0, 0.05) is 16.8 Å². The Kier molecular flexibility index (Phi) is 5.82. The molecule has 0 saturated heterocycles. The Bertz CT molecular complexity index is 1370. The van der Waals surface area contributed by atoms with Crippen LogP contribution in [0.5, 0.6) is 5.75 Å². The molecule has 0 spiro atoms. The molecular formula is C27H26N2O3. The van der Waals surface area contributed by atoms with E-state index in [1.165, 1.54) is 0 Å². The Hall–Kier alpha value is -3.86. The van der Waals surface area contributed by atoms with Crippen molar-refractivity contribution in [1.82, 2.24) is 4.98 Å². The number of nitrogens with one attached hydrogen (secondary N) is 1. The number of rotatable bonds is 5. The number of carbonyl (C=O) groups is 1. The zero-order chi connectivity index (χ0) is 22.8. The number of amides is 1. The Balaban J connectivity index is 1.86. The van der Waals surface area contributed by atoms with Crippen molar-refractivity contribution in [3.05, 3.63) is 105 Å². The van der Waals surface area contributed by atoms with E-state index in [1.807, 2.05) is 75.4 Å². The Morgan fingerprint density at radius 1 is 0.969 bits per heavy atom. The normalized spacial score (nSPS) is 10.9. The second-order valence-electron chi connectivity index (χ2n) is 8.03. The number of fused-ring (bicyclic) bond motifs is 1. The van der Waals surface area contributed by atoms with Gasteiger partial charge in [-0.25, -0.2) is 0 Å². The van der Waals surface area contributed by atoms with Gasteiger partial charge in [0.2, 0.25) is 0 Å². The van der Waals surface area contributed by atoms with E-state index in [2.05, 4.69) is 4.98 Å². The Labute approximate surface area is 187 Å². The lowest BCUT2D eigenvalue weighted by atomic mass is 10.0. The third-order valence-electron chi connectivity index (χ3n) is 5.85. The van der Waals surface area contributed by atoms with Gasteiger partial charge in [-0.05, 0) is 73.7 Å². The van der Waals surface area contributed by atoms with Crippen molar-refractivity contribution in [2.75, 3.05) is 12.0 Å². The molecule has 4 rings (SSSR count). The fraction of sp³-hybridized carbons (Fsp3) is 0.185. The third kappa shape index (κ3) is 4.02. The molecule has 0 bridgehead atoms. The fourth-order valence-corrected chi connectivity index (χ4v) is 3.92. The number of para-hydroxylation sites is 1. The summed E-state index contributed by atoms with van der Waals surface area (Å²) in [6.07, 6.45) is 0. The fourth-order valence-electron chi connectivity index (χ4n) is 3.92. The highest BCUT2D eigenvalue weighted by Crippen LogP contribution is 2.29. The van der Waals surface area contributed by atoms with Gasteiger partial charge < -0.3 is 14.6 Å². The van der Waals surface area contributed by atoms with Gasteiger partial charge in [-0.15, -0.1) is 0 Å². The minimum absolute atomic E-state index is 0.139. The SMILES string of the molecule is COc1ccccc1C(=O)N(Cc1cc2cc(C)ccc2[nH]c1=O)c1cccc(C)c1C. The number of aromatic nitrogens is 1. The van der Waals surface area contributed by atoms with Crippen LogP contribution < -0.4 is 15.2 Å². The van der Waals surface area contributed by atoms with Gasteiger partial charge in [0.05, 0.1) is 19.2 Å². The van der Waals surface area contributed by atoms with Gasteiger partial charge in [0.25, 0.3) is 11.5 Å². The summed E-state index contributed by atoms with van der Waals surface area (Å²) in [6.45, 7) is 6.15. The van der Waals surface area contributed by atoms with Crippen LogP contribution in [0.25, 0.3) is 10.9 Å². The van der Waals surface area contributed by atoms with Crippen molar-refractivity contribution >= 4 is 22.5 Å². The molecule has 32 heavy (non-hydrogen) atoms. The van der Waals surface area contributed by atoms with Crippen LogP contribution in [0, 0.1) is 20.8 Å². The van der Waals surface area contributed by atoms with Crippen molar-refractivity contribution in [3.63, 3.8) is 0 Å². The number of hydrogen-bond acceptors (Lipinski definition) is 3. The lowest BCUT2D eigenvalue weighted by Gasteiger charge is -2.26. The van der Waals surface area contributed by atoms with Crippen LogP contribution in [0.2, 0.25) is 0 Å². The number of carbonyl (C=O) groups excluding carboxylic acids is 1. The summed E-state index contributed by atoms with van der Waals surface area (Å²) >= 11 is 0. The summed E-state index contributed by atoms with van der Waals surface area (Å²) in [6, 6.07) is 20.8. The van der Waals surface area contributed by atoms with Gasteiger partial charge in [-0.2, -0.15) is 0 Å². The second-order valence-corrected chi connectivity index (χ2v) is 8.03. The highest BCUT2D eigenvalue weighted by atomic mass is 16.5. The third-order valence-corrected chi connectivity index (χ3v) is 5.85. The molecule has 1 aromatic heterocycles. The van der Waals surface area contributed by atoms with Gasteiger partial charge >= 0.3 is 0 Å². The van der Waals surface area contributed by atoms with Gasteiger partial charge in [-0.1, -0.05) is 35.9 Å². The summed E-state index contributed by atoms with van der Waals surface area (Å²) in [5.41, 5.74) is 5.48. The molecular weight excluding hydrogens is 400 g/mol. The number of anilines is 1. The molecule has 0 aliphatic carbocycles. The standard InChI is InChI=1S/C27H26N2O3/c1-17-12-13-23-20(14-17)15-21(26(30)28-23)16-29(24-10-7-8-18(2)19(24)3)27(31)22-9-5-6-11-25(22)32-4/h5-15H,16H2,1-4H3,(H,28,30). The smallest absolute Gasteiger partial charge is 0.262 e. The van der Waals surface area contributed by atoms with Crippen LogP contribution in [-0.4, -0.2) is 18.0 Å². The van der Waals surface area contributed by atoms with Crippen molar-refractivity contribution in [2.45, 2.75) is 27.3 Å². The van der Waals surface area contributed by atoms with E-state index in [9.17, 15) is 9.59 Å². The largest absolute Gasteiger partial charge is 0.496 e. The van der Waals surface area contributed by atoms with Crippen LogP contribution in [0.1, 0.15) is 32.6 Å². The molecule has 1 amide bonds. The molecule has 0 fully saturated rings. The van der Waals surface area contributed by atoms with Crippen LogP contribution in [0.4, 0.5) is 5.69 Å². The molecule has 1 N–H and O–H groups in total. The molecule has 1 heterocycles. The first-order valence-corrected chi connectivity index (χ1v) is 10.5. The lowest BCUT2D eigenvalue weighted by molar-refractivity contribution is 0.0982. The molecule has 162 valence electrons. The average molecular weight is 427 g/mol. The van der Waals surface area contributed by atoms with E-state index >= 15 is 0 Å². The maximum atomic E-state index is 13.8. The molecule has 0 radical (unpaired) electrons. The van der Waals surface area contributed by atoms with Gasteiger partial charge in [-0.3, -0.25) is 9.59 Å². The highest BCUT2D eigenvalue weighted by molar-refractivity contribution is 6.08. The maximum absolute atomic E-state index is 13.8. The first kappa shape index (κ1) is 21.4. The molecule has 0 atom stereocenters. The van der Waals surface area contributed by atoms with E-state index in [1.54, 1.807) is 24.1 Å². The Morgan fingerprint density at radius 3 is 2.53 bits per heavy atom. The monoisotopic (exact) mass is 426 g/mol. The zero-order valence-corrected chi connectivity index (χ0v) is 18.7. The molecule has 0 aliphatic rings. The first-order valence-electron chi connectivity index (χ1n) is 10.5. The maximum Gasteiger partial charge on any atom is 0.262 e. The van der Waals surface area contributed by atoms with Crippen LogP contribution >= 0.6 is 0 Å². The summed E-state index contributed by atoms with van der Waals surface area (Å²) in [4.78, 5) is 31.3. The molecule has 0 unspecified atom stereocenters. The Morgan fingerprint density at radius 2 is 1.75 bits per heavy atom. The average Bonchev–Trinajstić information content (AvgIpc) is 2.79. The number of nitrogens with zero attached hydrogens (tertiary/aromatic N) is 1. The summed E-state index contributed by atoms with van der Waals surface area (Å²) in [5.74, 6) is 0.274. The molecule has 0 saturated carbocycles. The number of hydrogen-bond donors (Lipinski definition) is 1. The quantitative estimate of drug-likeness (QED) is 0.470. The number of aryl methyl sites for hydroxylation is 2. The number of ether oxygens (including phenoxy) is 1. The first-order chi connectivity index (χ1) is 15.4. The molecule has 0 aliphatic heterocycles. The number of H-pyrrole nitrogens is 1. The van der Waals surface area contributed by atoms with Gasteiger partial charge in [0.1, 0.15) is 5.75 Å². The van der Waals surface area contributed by atoms with E-state index in [0.29, 0.717) is 16.9 Å². The van der Waals surface area contributed by atoms with E-state index in [-0.39, 0.29) is 18.0 Å². The van der Waals surface area contributed by atoms with E-state index in [0.717, 1.165) is 33.3 Å². The van der Waals surface area contributed by atoms with Crippen LogP contribution in [0.3, 0.4) is 0 Å². The second kappa shape index (κ2) is 8.71. The topological polar surface area (TPSA) is 62.4 Å². The van der Waals surface area contributed by atoms with E-state index in [4.69, 9.17) is 4.74 Å². The molecule has 5 nitrogen and oxygen atoms in total. The number of pyridine rings is 1. The van der Waals surface area contributed by atoms with E-state index < -0.39 is 0 Å². The highest BCUT2D eigenvalue weighted by Gasteiger charge is 2.24. The van der Waals surface area contributed by atoms with Gasteiger partial charge in [0.15, 0.2) is 0 Å². The molecule has 3 aromatic carbocycles. The number of benzene rings is 3. The summed E-state index contributed by atoms with van der Waals surface area (Å²) in [7, 11) is 1.55. The van der Waals surface area contributed by atoms with Crippen molar-refractivity contribution < 1.29 is 9.53 Å². The number of methoxy groups -OCH3 is 1. The molecule has 5 heteroatoms.